The first-order valence-corrected chi connectivity index (χ1v) is 11.0. The lowest BCUT2D eigenvalue weighted by Gasteiger charge is -2.19. The monoisotopic (exact) mass is 445 g/mol. The summed E-state index contributed by atoms with van der Waals surface area (Å²) in [5.74, 6) is 0.892. The van der Waals surface area contributed by atoms with E-state index in [0.29, 0.717) is 6.54 Å². The first-order valence-electron chi connectivity index (χ1n) is 11.0. The first-order chi connectivity index (χ1) is 15.8. The predicted molar refractivity (Wildman–Crippen MR) is 131 cm³/mol. The SMILES string of the molecule is C=O.CC(C)(C)c1ccc(Oc2cccc(CNc3ccc(C4CC4C(=O)O)cc3)c2)cc1. The van der Waals surface area contributed by atoms with Crippen molar-refractivity contribution in [3.63, 3.8) is 0 Å². The molecule has 0 saturated heterocycles. The van der Waals surface area contributed by atoms with E-state index in [4.69, 9.17) is 14.6 Å². The van der Waals surface area contributed by atoms with E-state index in [1.54, 1.807) is 0 Å². The van der Waals surface area contributed by atoms with E-state index < -0.39 is 5.97 Å². The fourth-order valence-electron chi connectivity index (χ4n) is 3.77. The quantitative estimate of drug-likeness (QED) is 0.441. The molecular formula is C28H31NO4. The normalized spacial score (nSPS) is 16.8. The molecule has 0 radical (unpaired) electrons. The number of ether oxygens (including phenoxy) is 1. The lowest BCUT2D eigenvalue weighted by molar-refractivity contribution is -0.138. The highest BCUT2D eigenvalue weighted by atomic mass is 16.5. The molecule has 5 heteroatoms. The molecule has 0 spiro atoms. The third kappa shape index (κ3) is 6.45. The maximum Gasteiger partial charge on any atom is 0.307 e. The van der Waals surface area contributed by atoms with Crippen LogP contribution < -0.4 is 10.1 Å². The van der Waals surface area contributed by atoms with E-state index in [9.17, 15) is 4.79 Å². The molecule has 0 amide bonds. The van der Waals surface area contributed by atoms with Crippen molar-refractivity contribution in [3.05, 3.63) is 89.5 Å². The standard InChI is InChI=1S/C27H29NO3.CH2O/c1-27(2,3)20-9-13-22(14-10-20)31-23-6-4-5-18(15-23)17-28-21-11-7-19(8-12-21)24-16-25(24)26(29)30;1-2/h4-15,24-25,28H,16-17H2,1-3H3,(H,29,30);1H2. The van der Waals surface area contributed by atoms with Crippen LogP contribution in [-0.2, 0) is 21.5 Å². The van der Waals surface area contributed by atoms with Crippen LogP contribution in [0.5, 0.6) is 11.5 Å². The number of carboxylic acids is 1. The molecule has 1 saturated carbocycles. The number of nitrogens with one attached hydrogen (secondary N) is 1. The van der Waals surface area contributed by atoms with E-state index in [1.807, 2.05) is 61.4 Å². The molecule has 1 aliphatic rings. The van der Waals surface area contributed by atoms with Gasteiger partial charge in [0.2, 0.25) is 0 Å². The lowest BCUT2D eigenvalue weighted by atomic mass is 9.87. The van der Waals surface area contributed by atoms with Crippen LogP contribution in [-0.4, -0.2) is 17.9 Å². The van der Waals surface area contributed by atoms with E-state index in [0.717, 1.165) is 34.7 Å². The van der Waals surface area contributed by atoms with Gasteiger partial charge in [-0.25, -0.2) is 0 Å². The van der Waals surface area contributed by atoms with Crippen molar-refractivity contribution in [1.82, 2.24) is 0 Å². The summed E-state index contributed by atoms with van der Waals surface area (Å²) in [6, 6.07) is 24.4. The van der Waals surface area contributed by atoms with Crippen LogP contribution in [0.2, 0.25) is 0 Å². The number of rotatable bonds is 7. The molecule has 4 rings (SSSR count). The van der Waals surface area contributed by atoms with Gasteiger partial charge >= 0.3 is 5.97 Å². The number of benzene rings is 3. The summed E-state index contributed by atoms with van der Waals surface area (Å²) in [6.45, 7) is 9.28. The highest BCUT2D eigenvalue weighted by Gasteiger charge is 2.43. The Hall–Kier alpha value is -3.60. The van der Waals surface area contributed by atoms with Crippen molar-refractivity contribution in [2.45, 2.75) is 45.1 Å². The summed E-state index contributed by atoms with van der Waals surface area (Å²) in [7, 11) is 0. The number of hydrogen-bond donors (Lipinski definition) is 2. The largest absolute Gasteiger partial charge is 0.481 e. The summed E-state index contributed by atoms with van der Waals surface area (Å²) in [4.78, 5) is 19.0. The molecule has 2 atom stereocenters. The van der Waals surface area contributed by atoms with Crippen molar-refractivity contribution < 1.29 is 19.4 Å². The number of anilines is 1. The van der Waals surface area contributed by atoms with Gasteiger partial charge < -0.3 is 20.0 Å². The molecule has 1 fully saturated rings. The number of hydrogen-bond acceptors (Lipinski definition) is 4. The zero-order chi connectivity index (χ0) is 24.0. The number of carboxylic acid groups (broad SMARTS) is 1. The fraction of sp³-hybridized carbons (Fsp3) is 0.286. The van der Waals surface area contributed by atoms with Crippen molar-refractivity contribution in [2.24, 2.45) is 5.92 Å². The first kappa shape index (κ1) is 24.1. The third-order valence-corrected chi connectivity index (χ3v) is 5.80. The Kier molecular flexibility index (Phi) is 7.54. The molecule has 3 aromatic carbocycles. The molecule has 0 heterocycles. The van der Waals surface area contributed by atoms with Gasteiger partial charge in [-0.05, 0) is 70.8 Å². The summed E-state index contributed by atoms with van der Waals surface area (Å²) < 4.78 is 6.04. The van der Waals surface area contributed by atoms with Gasteiger partial charge in [0.25, 0.3) is 0 Å². The summed E-state index contributed by atoms with van der Waals surface area (Å²) in [5, 5.41) is 12.5. The second-order valence-electron chi connectivity index (χ2n) is 9.29. The Bertz CT molecular complexity index is 1070. The van der Waals surface area contributed by atoms with Gasteiger partial charge in [-0.3, -0.25) is 4.79 Å². The van der Waals surface area contributed by atoms with Gasteiger partial charge in [0, 0.05) is 12.2 Å². The van der Waals surface area contributed by atoms with Crippen LogP contribution >= 0.6 is 0 Å². The molecule has 172 valence electrons. The van der Waals surface area contributed by atoms with Crippen LogP contribution in [0.15, 0.2) is 72.8 Å². The molecule has 1 aliphatic carbocycles. The van der Waals surface area contributed by atoms with Crippen LogP contribution in [0.25, 0.3) is 0 Å². The average Bonchev–Trinajstić information content (AvgIpc) is 3.61. The molecule has 2 unspecified atom stereocenters. The predicted octanol–water partition coefficient (Wildman–Crippen LogP) is 6.39. The average molecular weight is 446 g/mol. The minimum atomic E-state index is -0.695. The molecule has 33 heavy (non-hydrogen) atoms. The van der Waals surface area contributed by atoms with Crippen LogP contribution in [0, 0.1) is 5.92 Å². The third-order valence-electron chi connectivity index (χ3n) is 5.80. The fourth-order valence-corrected chi connectivity index (χ4v) is 3.77. The molecule has 0 aromatic heterocycles. The van der Waals surface area contributed by atoms with Crippen LogP contribution in [0.3, 0.4) is 0 Å². The smallest absolute Gasteiger partial charge is 0.307 e. The van der Waals surface area contributed by atoms with Crippen molar-refractivity contribution in [2.75, 3.05) is 5.32 Å². The summed E-state index contributed by atoms with van der Waals surface area (Å²) in [6.07, 6.45) is 0.744. The zero-order valence-corrected chi connectivity index (χ0v) is 19.4. The highest BCUT2D eigenvalue weighted by Crippen LogP contribution is 2.47. The lowest BCUT2D eigenvalue weighted by Crippen LogP contribution is -2.10. The van der Waals surface area contributed by atoms with E-state index in [1.165, 1.54) is 5.56 Å². The maximum absolute atomic E-state index is 11.0. The second-order valence-corrected chi connectivity index (χ2v) is 9.29. The number of aliphatic carboxylic acids is 1. The molecule has 2 N–H and O–H groups in total. The van der Waals surface area contributed by atoms with E-state index in [-0.39, 0.29) is 17.3 Å². The highest BCUT2D eigenvalue weighted by molar-refractivity contribution is 5.75. The summed E-state index contributed by atoms with van der Waals surface area (Å²) >= 11 is 0. The molecule has 0 aliphatic heterocycles. The van der Waals surface area contributed by atoms with Gasteiger partial charge in [0.15, 0.2) is 0 Å². The molecule has 0 bridgehead atoms. The Morgan fingerprint density at radius 3 is 2.24 bits per heavy atom. The van der Waals surface area contributed by atoms with E-state index >= 15 is 0 Å². The van der Waals surface area contributed by atoms with Gasteiger partial charge in [0.05, 0.1) is 5.92 Å². The Morgan fingerprint density at radius 2 is 1.67 bits per heavy atom. The van der Waals surface area contributed by atoms with Crippen LogP contribution in [0.1, 0.15) is 49.8 Å². The number of carbonyl (C=O) groups is 2. The van der Waals surface area contributed by atoms with Gasteiger partial charge in [-0.1, -0.05) is 57.2 Å². The molecule has 5 nitrogen and oxygen atoms in total. The molecule has 3 aromatic rings. The van der Waals surface area contributed by atoms with Crippen molar-refractivity contribution in [1.29, 1.82) is 0 Å². The topological polar surface area (TPSA) is 75.6 Å². The van der Waals surface area contributed by atoms with Crippen molar-refractivity contribution in [3.8, 4) is 11.5 Å². The van der Waals surface area contributed by atoms with Gasteiger partial charge in [0.1, 0.15) is 18.3 Å². The van der Waals surface area contributed by atoms with Gasteiger partial charge in [-0.15, -0.1) is 0 Å². The maximum atomic E-state index is 11.0. The van der Waals surface area contributed by atoms with Crippen LogP contribution in [0.4, 0.5) is 5.69 Å². The van der Waals surface area contributed by atoms with Crippen molar-refractivity contribution >= 4 is 18.4 Å². The summed E-state index contributed by atoms with van der Waals surface area (Å²) in [5.41, 5.74) is 4.65. The minimum Gasteiger partial charge on any atom is -0.481 e. The zero-order valence-electron chi connectivity index (χ0n) is 19.4. The molecular weight excluding hydrogens is 414 g/mol. The number of carbonyl (C=O) groups excluding carboxylic acids is 1. The second kappa shape index (κ2) is 10.3. The van der Waals surface area contributed by atoms with Gasteiger partial charge in [-0.2, -0.15) is 0 Å². The Balaban J connectivity index is 0.00000149. The Morgan fingerprint density at radius 1 is 1.00 bits per heavy atom. The van der Waals surface area contributed by atoms with E-state index in [2.05, 4.69) is 44.3 Å². The Labute approximate surface area is 195 Å². The minimum absolute atomic E-state index is 0.124.